The van der Waals surface area contributed by atoms with Crippen molar-refractivity contribution in [1.29, 1.82) is 0 Å². The molecule has 0 atom stereocenters. The first-order valence-corrected chi connectivity index (χ1v) is 7.57. The number of hydrogen-bond acceptors (Lipinski definition) is 3. The van der Waals surface area contributed by atoms with E-state index in [9.17, 15) is 9.59 Å². The maximum absolute atomic E-state index is 11.7. The van der Waals surface area contributed by atoms with Crippen LogP contribution in [-0.4, -0.2) is 31.4 Å². The molecule has 0 aliphatic carbocycles. The van der Waals surface area contributed by atoms with Crippen LogP contribution in [0, 0.1) is 0 Å². The number of carbonyl (C=O) groups is 2. The molecule has 5 nitrogen and oxygen atoms in total. The Labute approximate surface area is 125 Å². The molecule has 114 valence electrons. The zero-order valence-corrected chi connectivity index (χ0v) is 12.5. The van der Waals surface area contributed by atoms with Crippen LogP contribution in [0.5, 0.6) is 0 Å². The Morgan fingerprint density at radius 1 is 1.29 bits per heavy atom. The van der Waals surface area contributed by atoms with Gasteiger partial charge in [0.15, 0.2) is 0 Å². The van der Waals surface area contributed by atoms with Crippen molar-refractivity contribution in [3.8, 4) is 0 Å². The fourth-order valence-corrected chi connectivity index (χ4v) is 2.36. The summed E-state index contributed by atoms with van der Waals surface area (Å²) in [6, 6.07) is 7.81. The second-order valence-corrected chi connectivity index (χ2v) is 5.27. The van der Waals surface area contributed by atoms with Gasteiger partial charge >= 0.3 is 0 Å². The maximum Gasteiger partial charge on any atom is 0.234 e. The van der Waals surface area contributed by atoms with Gasteiger partial charge in [-0.3, -0.25) is 9.59 Å². The Morgan fingerprint density at radius 3 is 2.67 bits per heavy atom. The van der Waals surface area contributed by atoms with E-state index >= 15 is 0 Å². The fraction of sp³-hybridized carbons (Fsp3) is 0.500. The highest BCUT2D eigenvalue weighted by Gasteiger charge is 2.21. The number of rotatable bonds is 7. The summed E-state index contributed by atoms with van der Waals surface area (Å²) in [6.07, 6.45) is 2.59. The molecule has 1 saturated heterocycles. The third-order valence-electron chi connectivity index (χ3n) is 3.52. The molecule has 1 fully saturated rings. The van der Waals surface area contributed by atoms with Crippen LogP contribution in [0.4, 0.5) is 5.69 Å². The summed E-state index contributed by atoms with van der Waals surface area (Å²) < 4.78 is 0. The topological polar surface area (TPSA) is 61.4 Å². The van der Waals surface area contributed by atoms with Crippen LogP contribution in [0.25, 0.3) is 0 Å². The summed E-state index contributed by atoms with van der Waals surface area (Å²) in [6.45, 7) is 4.59. The van der Waals surface area contributed by atoms with Crippen molar-refractivity contribution in [1.82, 2.24) is 10.6 Å². The van der Waals surface area contributed by atoms with Gasteiger partial charge in [0.2, 0.25) is 11.8 Å². The van der Waals surface area contributed by atoms with Crippen LogP contribution in [0.15, 0.2) is 24.3 Å². The minimum atomic E-state index is 0.00208. The van der Waals surface area contributed by atoms with Gasteiger partial charge in [-0.2, -0.15) is 0 Å². The lowest BCUT2D eigenvalue weighted by molar-refractivity contribution is -0.120. The molecule has 0 spiro atoms. The molecule has 2 N–H and O–H groups in total. The summed E-state index contributed by atoms with van der Waals surface area (Å²) in [5.41, 5.74) is 1.98. The van der Waals surface area contributed by atoms with Gasteiger partial charge in [-0.15, -0.1) is 0 Å². The minimum absolute atomic E-state index is 0.00208. The summed E-state index contributed by atoms with van der Waals surface area (Å²) in [5.74, 6) is 0.195. The van der Waals surface area contributed by atoms with E-state index in [2.05, 4.69) is 17.6 Å². The predicted molar refractivity (Wildman–Crippen MR) is 83.0 cm³/mol. The van der Waals surface area contributed by atoms with Gasteiger partial charge in [0.1, 0.15) is 0 Å². The van der Waals surface area contributed by atoms with Crippen molar-refractivity contribution >= 4 is 17.5 Å². The number of anilines is 1. The second-order valence-electron chi connectivity index (χ2n) is 5.27. The molecule has 0 saturated carbocycles. The first kappa shape index (κ1) is 15.5. The standard InChI is InChI=1S/C16H23N3O2/c1-2-9-17-12-15(20)18-11-13-5-7-14(8-6-13)19-10-3-4-16(19)21/h5-8,17H,2-4,9-12H2,1H3,(H,18,20). The van der Waals surface area contributed by atoms with Gasteiger partial charge < -0.3 is 15.5 Å². The molecular formula is C16H23N3O2. The van der Waals surface area contributed by atoms with Crippen molar-refractivity contribution in [2.75, 3.05) is 24.5 Å². The van der Waals surface area contributed by atoms with E-state index in [4.69, 9.17) is 0 Å². The van der Waals surface area contributed by atoms with Gasteiger partial charge in [0.25, 0.3) is 0 Å². The van der Waals surface area contributed by atoms with Gasteiger partial charge in [-0.25, -0.2) is 0 Å². The number of nitrogens with one attached hydrogen (secondary N) is 2. The van der Waals surface area contributed by atoms with Gasteiger partial charge in [-0.1, -0.05) is 19.1 Å². The van der Waals surface area contributed by atoms with Crippen LogP contribution in [0.2, 0.25) is 0 Å². The van der Waals surface area contributed by atoms with Crippen LogP contribution in [0.3, 0.4) is 0 Å². The lowest BCUT2D eigenvalue weighted by atomic mass is 10.2. The summed E-state index contributed by atoms with van der Waals surface area (Å²) in [5, 5.41) is 5.94. The Kier molecular flexibility index (Phi) is 5.75. The van der Waals surface area contributed by atoms with Crippen molar-refractivity contribution in [2.45, 2.75) is 32.7 Å². The molecule has 21 heavy (non-hydrogen) atoms. The monoisotopic (exact) mass is 289 g/mol. The lowest BCUT2D eigenvalue weighted by Crippen LogP contribution is -2.33. The van der Waals surface area contributed by atoms with E-state index in [0.29, 0.717) is 19.5 Å². The van der Waals surface area contributed by atoms with Gasteiger partial charge in [-0.05, 0) is 37.1 Å². The maximum atomic E-state index is 11.7. The molecule has 0 aromatic heterocycles. The van der Waals surface area contributed by atoms with Gasteiger partial charge in [0.05, 0.1) is 6.54 Å². The molecule has 1 heterocycles. The minimum Gasteiger partial charge on any atom is -0.351 e. The molecule has 0 unspecified atom stereocenters. The molecule has 1 aromatic rings. The highest BCUT2D eigenvalue weighted by Crippen LogP contribution is 2.21. The van der Waals surface area contributed by atoms with E-state index < -0.39 is 0 Å². The molecule has 2 amide bonds. The summed E-state index contributed by atoms with van der Waals surface area (Å²) in [4.78, 5) is 25.1. The van der Waals surface area contributed by atoms with E-state index in [1.54, 1.807) is 0 Å². The molecule has 1 aliphatic rings. The number of hydrogen-bond donors (Lipinski definition) is 2. The predicted octanol–water partition coefficient (Wildman–Crippen LogP) is 1.43. The normalized spacial score (nSPS) is 14.5. The average molecular weight is 289 g/mol. The number of carbonyl (C=O) groups excluding carboxylic acids is 2. The third-order valence-corrected chi connectivity index (χ3v) is 3.52. The van der Waals surface area contributed by atoms with E-state index in [1.165, 1.54) is 0 Å². The Hall–Kier alpha value is -1.88. The molecule has 1 aromatic carbocycles. The quantitative estimate of drug-likeness (QED) is 0.747. The summed E-state index contributed by atoms with van der Waals surface area (Å²) >= 11 is 0. The second kappa shape index (κ2) is 7.78. The van der Waals surface area contributed by atoms with Crippen LogP contribution >= 0.6 is 0 Å². The van der Waals surface area contributed by atoms with Gasteiger partial charge in [0, 0.05) is 25.2 Å². The third kappa shape index (κ3) is 4.56. The van der Waals surface area contributed by atoms with Crippen molar-refractivity contribution in [3.05, 3.63) is 29.8 Å². The average Bonchev–Trinajstić information content (AvgIpc) is 2.92. The van der Waals surface area contributed by atoms with E-state index in [0.717, 1.165) is 37.2 Å². The van der Waals surface area contributed by atoms with E-state index in [1.807, 2.05) is 29.2 Å². The van der Waals surface area contributed by atoms with E-state index in [-0.39, 0.29) is 11.8 Å². The fourth-order valence-electron chi connectivity index (χ4n) is 2.36. The zero-order chi connectivity index (χ0) is 15.1. The first-order chi connectivity index (χ1) is 10.2. The number of amides is 2. The highest BCUT2D eigenvalue weighted by molar-refractivity contribution is 5.95. The molecule has 5 heteroatoms. The Morgan fingerprint density at radius 2 is 2.05 bits per heavy atom. The van der Waals surface area contributed by atoms with Crippen molar-refractivity contribution in [2.24, 2.45) is 0 Å². The molecule has 2 rings (SSSR count). The van der Waals surface area contributed by atoms with Crippen LogP contribution in [0.1, 0.15) is 31.7 Å². The van der Waals surface area contributed by atoms with Crippen molar-refractivity contribution in [3.63, 3.8) is 0 Å². The SMILES string of the molecule is CCCNCC(=O)NCc1ccc(N2CCCC2=O)cc1. The molecule has 1 aliphatic heterocycles. The van der Waals surface area contributed by atoms with Crippen molar-refractivity contribution < 1.29 is 9.59 Å². The van der Waals surface area contributed by atoms with Crippen LogP contribution < -0.4 is 15.5 Å². The van der Waals surface area contributed by atoms with Crippen LogP contribution in [-0.2, 0) is 16.1 Å². The largest absolute Gasteiger partial charge is 0.351 e. The molecule has 0 bridgehead atoms. The summed E-state index contributed by atoms with van der Waals surface area (Å²) in [7, 11) is 0. The number of nitrogens with zero attached hydrogens (tertiary/aromatic N) is 1. The Balaban J connectivity index is 1.80. The number of benzene rings is 1. The highest BCUT2D eigenvalue weighted by atomic mass is 16.2. The molecular weight excluding hydrogens is 266 g/mol. The zero-order valence-electron chi connectivity index (χ0n) is 12.5. The Bertz CT molecular complexity index is 485. The molecule has 0 radical (unpaired) electrons. The smallest absolute Gasteiger partial charge is 0.234 e. The lowest BCUT2D eigenvalue weighted by Gasteiger charge is -2.16. The first-order valence-electron chi connectivity index (χ1n) is 7.57.